The number of amides is 2. The fourth-order valence-corrected chi connectivity index (χ4v) is 2.11. The predicted molar refractivity (Wildman–Crippen MR) is 73.5 cm³/mol. The van der Waals surface area contributed by atoms with Gasteiger partial charge in [0.05, 0.1) is 5.00 Å². The molecule has 0 spiro atoms. The summed E-state index contributed by atoms with van der Waals surface area (Å²) in [4.78, 5) is 11.7. The third-order valence-electron chi connectivity index (χ3n) is 2.34. The Labute approximate surface area is 117 Å². The Hall–Kier alpha value is -2.68. The number of carbonyl (C=O) groups excluding carboxylic acids is 1. The second kappa shape index (κ2) is 5.13. The first-order valence-electron chi connectivity index (χ1n) is 5.66. The molecule has 0 aliphatic rings. The van der Waals surface area contributed by atoms with Crippen molar-refractivity contribution in [3.63, 3.8) is 0 Å². The molecule has 102 valence electrons. The van der Waals surface area contributed by atoms with Gasteiger partial charge in [0.15, 0.2) is 0 Å². The number of nitrogens with one attached hydrogen (secondary N) is 2. The van der Waals surface area contributed by atoms with Crippen LogP contribution in [0.5, 0.6) is 0 Å². The van der Waals surface area contributed by atoms with Gasteiger partial charge in [-0.15, -0.1) is 16.4 Å². The van der Waals surface area contributed by atoms with E-state index in [2.05, 4.69) is 25.9 Å². The molecule has 3 rings (SSSR count). The van der Waals surface area contributed by atoms with Crippen LogP contribution in [0, 0.1) is 0 Å². The number of aryl methyl sites for hydroxylation is 1. The molecule has 0 aliphatic carbocycles. The largest absolute Gasteiger partial charge is 0.401 e. The van der Waals surface area contributed by atoms with Crippen LogP contribution in [-0.2, 0) is 7.05 Å². The molecular weight excluding hydrogens is 280 g/mol. The van der Waals surface area contributed by atoms with E-state index in [0.29, 0.717) is 5.69 Å². The Morgan fingerprint density at radius 2 is 2.25 bits per heavy atom. The highest BCUT2D eigenvalue weighted by Gasteiger charge is 2.13. The molecule has 0 bridgehead atoms. The molecule has 3 heterocycles. The fourth-order valence-electron chi connectivity index (χ4n) is 1.50. The van der Waals surface area contributed by atoms with Crippen LogP contribution in [0.4, 0.5) is 15.8 Å². The van der Waals surface area contributed by atoms with Crippen molar-refractivity contribution >= 4 is 28.4 Å². The van der Waals surface area contributed by atoms with Crippen LogP contribution in [0.25, 0.3) is 11.6 Å². The molecule has 9 heteroatoms. The lowest BCUT2D eigenvalue weighted by atomic mass is 10.4. The van der Waals surface area contributed by atoms with Crippen LogP contribution in [0.2, 0.25) is 0 Å². The minimum absolute atomic E-state index is 0.0136. The van der Waals surface area contributed by atoms with Crippen LogP contribution >= 0.6 is 11.3 Å². The van der Waals surface area contributed by atoms with Crippen LogP contribution in [-0.4, -0.2) is 26.0 Å². The number of aromatic nitrogens is 4. The van der Waals surface area contributed by atoms with Gasteiger partial charge in [0.25, 0.3) is 5.89 Å². The molecule has 0 fully saturated rings. The maximum Gasteiger partial charge on any atom is 0.327 e. The van der Waals surface area contributed by atoms with Crippen molar-refractivity contribution in [2.45, 2.75) is 0 Å². The van der Waals surface area contributed by atoms with Crippen molar-refractivity contribution in [3.05, 3.63) is 29.8 Å². The molecule has 8 nitrogen and oxygen atoms in total. The van der Waals surface area contributed by atoms with Gasteiger partial charge >= 0.3 is 12.0 Å². The summed E-state index contributed by atoms with van der Waals surface area (Å²) >= 11 is 1.42. The summed E-state index contributed by atoms with van der Waals surface area (Å²) in [5.74, 6) is 0.247. The molecule has 0 unspecified atom stereocenters. The molecule has 3 aromatic rings. The number of anilines is 2. The molecule has 0 aliphatic heterocycles. The Morgan fingerprint density at radius 1 is 1.35 bits per heavy atom. The van der Waals surface area contributed by atoms with E-state index in [0.717, 1.165) is 5.00 Å². The van der Waals surface area contributed by atoms with Gasteiger partial charge in [-0.25, -0.2) is 4.79 Å². The molecule has 2 N–H and O–H groups in total. The van der Waals surface area contributed by atoms with Gasteiger partial charge in [0, 0.05) is 13.2 Å². The molecular formula is C11H10N6O2S. The van der Waals surface area contributed by atoms with Crippen LogP contribution in [0.1, 0.15) is 0 Å². The van der Waals surface area contributed by atoms with Crippen molar-refractivity contribution < 1.29 is 9.21 Å². The fraction of sp³-hybridized carbons (Fsp3) is 0.0909. The van der Waals surface area contributed by atoms with Crippen molar-refractivity contribution in [2.75, 3.05) is 10.6 Å². The van der Waals surface area contributed by atoms with Gasteiger partial charge < -0.3 is 4.42 Å². The average Bonchev–Trinajstić information content (AvgIpc) is 3.10. The minimum Gasteiger partial charge on any atom is -0.401 e. The molecule has 0 saturated carbocycles. The second-order valence-corrected chi connectivity index (χ2v) is 4.79. The summed E-state index contributed by atoms with van der Waals surface area (Å²) in [6.07, 6.45) is 1.76. The standard InChI is InChI=1S/C11H10N6O2S/c1-17-5-4-7(16-17)9-14-15-11(19-9)13-10(18)12-8-3-2-6-20-8/h2-6H,1H3,(H2,12,13,15,18). The summed E-state index contributed by atoms with van der Waals surface area (Å²) in [7, 11) is 1.79. The van der Waals surface area contributed by atoms with Crippen molar-refractivity contribution in [3.8, 4) is 11.6 Å². The zero-order chi connectivity index (χ0) is 13.9. The van der Waals surface area contributed by atoms with E-state index < -0.39 is 6.03 Å². The van der Waals surface area contributed by atoms with Gasteiger partial charge in [-0.3, -0.25) is 15.3 Å². The Bertz CT molecular complexity index is 717. The number of hydrogen-bond acceptors (Lipinski definition) is 6. The van der Waals surface area contributed by atoms with Gasteiger partial charge in [0.2, 0.25) is 0 Å². The summed E-state index contributed by atoms with van der Waals surface area (Å²) in [5, 5.41) is 19.4. The highest BCUT2D eigenvalue weighted by Crippen LogP contribution is 2.18. The smallest absolute Gasteiger partial charge is 0.327 e. The Kier molecular flexibility index (Phi) is 3.17. The van der Waals surface area contributed by atoms with Crippen LogP contribution in [0.15, 0.2) is 34.2 Å². The molecule has 0 atom stereocenters. The summed E-state index contributed by atoms with van der Waals surface area (Å²) < 4.78 is 6.93. The summed E-state index contributed by atoms with van der Waals surface area (Å²) in [6, 6.07) is 4.94. The molecule has 0 saturated heterocycles. The third kappa shape index (κ3) is 2.67. The van der Waals surface area contributed by atoms with Crippen LogP contribution in [0.3, 0.4) is 0 Å². The van der Waals surface area contributed by atoms with Gasteiger partial charge in [-0.05, 0) is 23.6 Å². The van der Waals surface area contributed by atoms with E-state index in [1.54, 1.807) is 30.1 Å². The maximum atomic E-state index is 11.7. The molecule has 0 aromatic carbocycles. The highest BCUT2D eigenvalue weighted by atomic mass is 32.1. The zero-order valence-corrected chi connectivity index (χ0v) is 11.2. The monoisotopic (exact) mass is 290 g/mol. The number of hydrogen-bond donors (Lipinski definition) is 2. The Morgan fingerprint density at radius 3 is 2.95 bits per heavy atom. The maximum absolute atomic E-state index is 11.7. The second-order valence-electron chi connectivity index (χ2n) is 3.84. The normalized spacial score (nSPS) is 10.4. The molecule has 20 heavy (non-hydrogen) atoms. The molecule has 2 amide bonds. The first-order valence-corrected chi connectivity index (χ1v) is 6.54. The van der Waals surface area contributed by atoms with Gasteiger partial charge in [-0.2, -0.15) is 5.10 Å². The number of rotatable bonds is 3. The van der Waals surface area contributed by atoms with E-state index in [9.17, 15) is 4.79 Å². The first-order chi connectivity index (χ1) is 9.70. The van der Waals surface area contributed by atoms with Crippen molar-refractivity contribution in [1.29, 1.82) is 0 Å². The topological polar surface area (TPSA) is 97.9 Å². The zero-order valence-electron chi connectivity index (χ0n) is 10.4. The third-order valence-corrected chi connectivity index (χ3v) is 3.12. The summed E-state index contributed by atoms with van der Waals surface area (Å²) in [6.45, 7) is 0. The first kappa shape index (κ1) is 12.4. The number of thiophene rings is 1. The molecule has 0 radical (unpaired) electrons. The number of nitrogens with zero attached hydrogens (tertiary/aromatic N) is 4. The van der Waals surface area contributed by atoms with E-state index >= 15 is 0 Å². The van der Waals surface area contributed by atoms with Crippen molar-refractivity contribution in [2.24, 2.45) is 7.05 Å². The highest BCUT2D eigenvalue weighted by molar-refractivity contribution is 7.14. The molecule has 3 aromatic heterocycles. The SMILES string of the molecule is Cn1ccc(-c2nnc(NC(=O)Nc3cccs3)o2)n1. The van der Waals surface area contributed by atoms with Crippen molar-refractivity contribution in [1.82, 2.24) is 20.0 Å². The van der Waals surface area contributed by atoms with Crippen LogP contribution < -0.4 is 10.6 Å². The lowest BCUT2D eigenvalue weighted by molar-refractivity contribution is 0.261. The van der Waals surface area contributed by atoms with E-state index in [-0.39, 0.29) is 11.9 Å². The lowest BCUT2D eigenvalue weighted by Gasteiger charge is -2.00. The predicted octanol–water partition coefficient (Wildman–Crippen LogP) is 2.18. The van der Waals surface area contributed by atoms with Gasteiger partial charge in [0.1, 0.15) is 5.69 Å². The number of carbonyl (C=O) groups is 1. The van der Waals surface area contributed by atoms with E-state index in [1.165, 1.54) is 11.3 Å². The van der Waals surface area contributed by atoms with E-state index in [1.807, 2.05) is 11.4 Å². The lowest BCUT2D eigenvalue weighted by Crippen LogP contribution is -2.18. The quantitative estimate of drug-likeness (QED) is 0.770. The van der Waals surface area contributed by atoms with Gasteiger partial charge in [-0.1, -0.05) is 5.10 Å². The Balaban J connectivity index is 1.66. The number of urea groups is 1. The average molecular weight is 290 g/mol. The minimum atomic E-state index is -0.441. The van der Waals surface area contributed by atoms with E-state index in [4.69, 9.17) is 4.42 Å². The summed E-state index contributed by atoms with van der Waals surface area (Å²) in [5.41, 5.74) is 0.548.